The quantitative estimate of drug-likeness (QED) is 0.588. The summed E-state index contributed by atoms with van der Waals surface area (Å²) in [5.41, 5.74) is 4.22. The summed E-state index contributed by atoms with van der Waals surface area (Å²) in [4.78, 5) is 24.9. The number of morpholine rings is 1. The Bertz CT molecular complexity index is 1200. The molecule has 0 atom stereocenters. The number of benzene rings is 2. The Balaban J connectivity index is 1.34. The Hall–Kier alpha value is -3.65. The molecule has 0 aliphatic carbocycles. The summed E-state index contributed by atoms with van der Waals surface area (Å²) in [5, 5.41) is 4.83. The molecule has 6 rings (SSSR count). The largest absolute Gasteiger partial charge is 0.378 e. The molecule has 8 nitrogen and oxygen atoms in total. The molecule has 0 saturated carbocycles. The Morgan fingerprint density at radius 2 is 1.53 bits per heavy atom. The van der Waals surface area contributed by atoms with Crippen molar-refractivity contribution < 1.29 is 9.53 Å². The van der Waals surface area contributed by atoms with E-state index in [9.17, 15) is 4.79 Å². The van der Waals surface area contributed by atoms with Gasteiger partial charge in [-0.3, -0.25) is 4.79 Å². The van der Waals surface area contributed by atoms with Gasteiger partial charge >= 0.3 is 0 Å². The number of rotatable bonds is 5. The number of amides is 1. The minimum Gasteiger partial charge on any atom is -0.378 e. The standard InChI is InChI=1S/C26H28N6O2/c33-24-22-19-32-26(27-25(28-32)29-13-15-34-16-14-29)31(18-21-9-5-2-6-10-21)23(22)11-12-30(24)17-20-7-3-1-4-8-20/h1-10H,11-19H2. The number of anilines is 2. The SMILES string of the molecule is O=C1C2=C(CCN1Cc1ccccc1)N(Cc1ccccc1)c1nc(N3CCOCC3)nn1C2. The highest BCUT2D eigenvalue weighted by molar-refractivity contribution is 5.96. The van der Waals surface area contributed by atoms with E-state index < -0.39 is 0 Å². The molecule has 0 radical (unpaired) electrons. The van der Waals surface area contributed by atoms with Gasteiger partial charge in [0.1, 0.15) is 0 Å². The van der Waals surface area contributed by atoms with E-state index in [4.69, 9.17) is 14.8 Å². The van der Waals surface area contributed by atoms with Gasteiger partial charge in [0, 0.05) is 38.3 Å². The average Bonchev–Trinajstić information content (AvgIpc) is 3.32. The predicted molar refractivity (Wildman–Crippen MR) is 129 cm³/mol. The van der Waals surface area contributed by atoms with Crippen LogP contribution in [-0.4, -0.2) is 58.4 Å². The van der Waals surface area contributed by atoms with Crippen LogP contribution < -0.4 is 9.80 Å². The maximum atomic E-state index is 13.6. The number of ether oxygens (including phenoxy) is 1. The van der Waals surface area contributed by atoms with Crippen molar-refractivity contribution >= 4 is 17.8 Å². The second kappa shape index (κ2) is 8.95. The van der Waals surface area contributed by atoms with Gasteiger partial charge in [0.05, 0.1) is 31.9 Å². The molecule has 1 fully saturated rings. The van der Waals surface area contributed by atoms with Gasteiger partial charge in [0.15, 0.2) is 0 Å². The van der Waals surface area contributed by atoms with Crippen molar-refractivity contribution in [2.75, 3.05) is 42.6 Å². The molecular formula is C26H28N6O2. The Kier molecular flexibility index (Phi) is 5.50. The van der Waals surface area contributed by atoms with Gasteiger partial charge < -0.3 is 19.4 Å². The van der Waals surface area contributed by atoms with Crippen molar-refractivity contribution in [2.24, 2.45) is 0 Å². The Morgan fingerprint density at radius 1 is 0.853 bits per heavy atom. The van der Waals surface area contributed by atoms with Gasteiger partial charge in [-0.2, -0.15) is 4.98 Å². The first-order valence-electron chi connectivity index (χ1n) is 11.9. The van der Waals surface area contributed by atoms with E-state index in [2.05, 4.69) is 34.1 Å². The smallest absolute Gasteiger partial charge is 0.253 e. The molecule has 3 aliphatic rings. The normalized spacial score (nSPS) is 18.2. The molecule has 8 heteroatoms. The van der Waals surface area contributed by atoms with Gasteiger partial charge in [-0.05, 0) is 11.1 Å². The van der Waals surface area contributed by atoms with E-state index in [1.165, 1.54) is 5.56 Å². The Labute approximate surface area is 199 Å². The minimum absolute atomic E-state index is 0.0947. The molecule has 4 heterocycles. The summed E-state index contributed by atoms with van der Waals surface area (Å²) in [7, 11) is 0. The summed E-state index contributed by atoms with van der Waals surface area (Å²) in [5.74, 6) is 1.62. The van der Waals surface area contributed by atoms with Gasteiger partial charge in [0.2, 0.25) is 11.9 Å². The minimum atomic E-state index is 0.0947. The van der Waals surface area contributed by atoms with E-state index >= 15 is 0 Å². The van der Waals surface area contributed by atoms with Crippen LogP contribution in [0, 0.1) is 0 Å². The first-order valence-corrected chi connectivity index (χ1v) is 11.9. The maximum absolute atomic E-state index is 13.6. The molecule has 3 aromatic rings. The summed E-state index contributed by atoms with van der Waals surface area (Å²) in [6.45, 7) is 5.35. The monoisotopic (exact) mass is 456 g/mol. The third-order valence-electron chi connectivity index (χ3n) is 6.72. The lowest BCUT2D eigenvalue weighted by Gasteiger charge is -2.38. The number of hydrogen-bond acceptors (Lipinski definition) is 6. The molecule has 2 aromatic carbocycles. The molecule has 3 aliphatic heterocycles. The highest BCUT2D eigenvalue weighted by Crippen LogP contribution is 2.35. The van der Waals surface area contributed by atoms with Crippen LogP contribution in [0.2, 0.25) is 0 Å². The zero-order valence-corrected chi connectivity index (χ0v) is 19.1. The number of nitrogens with zero attached hydrogens (tertiary/aromatic N) is 6. The molecule has 0 bridgehead atoms. The number of hydrogen-bond donors (Lipinski definition) is 0. The van der Waals surface area contributed by atoms with Crippen LogP contribution in [0.5, 0.6) is 0 Å². The number of aromatic nitrogens is 3. The lowest BCUT2D eigenvalue weighted by atomic mass is 10.0. The van der Waals surface area contributed by atoms with E-state index in [0.717, 1.165) is 42.3 Å². The van der Waals surface area contributed by atoms with E-state index in [-0.39, 0.29) is 5.91 Å². The third kappa shape index (κ3) is 3.94. The highest BCUT2D eigenvalue weighted by atomic mass is 16.5. The van der Waals surface area contributed by atoms with Crippen molar-refractivity contribution in [2.45, 2.75) is 26.1 Å². The van der Waals surface area contributed by atoms with Crippen LogP contribution >= 0.6 is 0 Å². The van der Waals surface area contributed by atoms with Crippen molar-refractivity contribution in [1.29, 1.82) is 0 Å². The van der Waals surface area contributed by atoms with Crippen LogP contribution in [0.15, 0.2) is 71.9 Å². The summed E-state index contributed by atoms with van der Waals surface area (Å²) in [6.07, 6.45) is 0.806. The van der Waals surface area contributed by atoms with Crippen LogP contribution in [0.25, 0.3) is 0 Å². The van der Waals surface area contributed by atoms with E-state index in [1.54, 1.807) is 0 Å². The number of fused-ring (bicyclic) bond motifs is 1. The first-order chi connectivity index (χ1) is 16.8. The second-order valence-corrected chi connectivity index (χ2v) is 8.93. The zero-order valence-electron chi connectivity index (χ0n) is 19.1. The molecular weight excluding hydrogens is 428 g/mol. The molecule has 1 saturated heterocycles. The molecule has 0 N–H and O–H groups in total. The first kappa shape index (κ1) is 20.9. The van der Waals surface area contributed by atoms with Gasteiger partial charge in [-0.1, -0.05) is 60.7 Å². The van der Waals surface area contributed by atoms with E-state index in [0.29, 0.717) is 45.3 Å². The van der Waals surface area contributed by atoms with Crippen LogP contribution in [-0.2, 0) is 29.2 Å². The molecule has 174 valence electrons. The number of carbonyl (C=O) groups is 1. The fraction of sp³-hybridized carbons (Fsp3) is 0.346. The van der Waals surface area contributed by atoms with Crippen LogP contribution in [0.3, 0.4) is 0 Å². The second-order valence-electron chi connectivity index (χ2n) is 8.93. The van der Waals surface area contributed by atoms with Crippen LogP contribution in [0.4, 0.5) is 11.9 Å². The van der Waals surface area contributed by atoms with Crippen LogP contribution in [0.1, 0.15) is 17.5 Å². The van der Waals surface area contributed by atoms with Gasteiger partial charge in [-0.25, -0.2) is 4.68 Å². The predicted octanol–water partition coefficient (Wildman–Crippen LogP) is 2.82. The molecule has 0 spiro atoms. The fourth-order valence-corrected chi connectivity index (χ4v) is 4.95. The fourth-order valence-electron chi connectivity index (χ4n) is 4.95. The maximum Gasteiger partial charge on any atom is 0.253 e. The van der Waals surface area contributed by atoms with Crippen molar-refractivity contribution in [3.63, 3.8) is 0 Å². The highest BCUT2D eigenvalue weighted by Gasteiger charge is 2.37. The number of carbonyl (C=O) groups excluding carboxylic acids is 1. The van der Waals surface area contributed by atoms with Gasteiger partial charge in [0.25, 0.3) is 5.91 Å². The molecule has 34 heavy (non-hydrogen) atoms. The van der Waals surface area contributed by atoms with Crippen molar-refractivity contribution in [1.82, 2.24) is 19.7 Å². The Morgan fingerprint density at radius 3 is 2.24 bits per heavy atom. The lowest BCUT2D eigenvalue weighted by molar-refractivity contribution is -0.128. The summed E-state index contributed by atoms with van der Waals surface area (Å²) in [6, 6.07) is 20.5. The third-order valence-corrected chi connectivity index (χ3v) is 6.72. The van der Waals surface area contributed by atoms with Crippen molar-refractivity contribution in [3.8, 4) is 0 Å². The lowest BCUT2D eigenvalue weighted by Crippen LogP contribution is -2.44. The molecule has 0 unspecified atom stereocenters. The zero-order chi connectivity index (χ0) is 22.9. The average molecular weight is 457 g/mol. The molecule has 1 amide bonds. The van der Waals surface area contributed by atoms with Crippen molar-refractivity contribution in [3.05, 3.63) is 83.1 Å². The summed E-state index contributed by atoms with van der Waals surface area (Å²) >= 11 is 0. The van der Waals surface area contributed by atoms with Gasteiger partial charge in [-0.15, -0.1) is 5.10 Å². The van der Waals surface area contributed by atoms with E-state index in [1.807, 2.05) is 46.0 Å². The summed E-state index contributed by atoms with van der Waals surface area (Å²) < 4.78 is 7.40. The molecule has 1 aromatic heterocycles. The topological polar surface area (TPSA) is 66.7 Å².